The molecular formula is C23H17ClN4. The standard InChI is InChI=1S/C23H17ClN4/c1-16-11-18(17-7-9-19(24)10-8-17)13-28-22(12-25-23(16)28)21-14-27(15-26-21)20-5-3-2-4-6-20/h2-15H,1H3. The Labute approximate surface area is 167 Å². The van der Waals surface area contributed by atoms with E-state index in [4.69, 9.17) is 11.6 Å². The summed E-state index contributed by atoms with van der Waals surface area (Å²) in [5.41, 5.74) is 7.19. The van der Waals surface area contributed by atoms with Gasteiger partial charge in [0, 0.05) is 23.1 Å². The van der Waals surface area contributed by atoms with Gasteiger partial charge in [-0.1, -0.05) is 41.9 Å². The molecule has 0 amide bonds. The molecule has 0 aliphatic rings. The highest BCUT2D eigenvalue weighted by Crippen LogP contribution is 2.28. The summed E-state index contributed by atoms with van der Waals surface area (Å²) < 4.78 is 4.13. The molecular weight excluding hydrogens is 368 g/mol. The molecule has 0 saturated carbocycles. The van der Waals surface area contributed by atoms with Crippen LogP contribution in [0.3, 0.4) is 0 Å². The Bertz CT molecular complexity index is 1270. The average molecular weight is 385 g/mol. The van der Waals surface area contributed by atoms with Gasteiger partial charge in [0.15, 0.2) is 0 Å². The number of aryl methyl sites for hydroxylation is 1. The Hall–Kier alpha value is -3.37. The van der Waals surface area contributed by atoms with Crippen molar-refractivity contribution in [3.63, 3.8) is 0 Å². The van der Waals surface area contributed by atoms with Gasteiger partial charge in [-0.15, -0.1) is 0 Å². The van der Waals surface area contributed by atoms with Gasteiger partial charge in [-0.3, -0.25) is 4.40 Å². The molecule has 0 aliphatic carbocycles. The van der Waals surface area contributed by atoms with Crippen LogP contribution in [0.4, 0.5) is 0 Å². The van der Waals surface area contributed by atoms with Crippen molar-refractivity contribution in [3.05, 3.63) is 96.2 Å². The second-order valence-corrected chi connectivity index (χ2v) is 7.19. The smallest absolute Gasteiger partial charge is 0.140 e. The third kappa shape index (κ3) is 2.88. The topological polar surface area (TPSA) is 35.1 Å². The summed E-state index contributed by atoms with van der Waals surface area (Å²) in [5, 5.41) is 0.733. The highest BCUT2D eigenvalue weighted by atomic mass is 35.5. The molecule has 0 saturated heterocycles. The molecule has 0 N–H and O–H groups in total. The Balaban J connectivity index is 1.63. The minimum atomic E-state index is 0.733. The molecule has 5 aromatic rings. The fraction of sp³-hybridized carbons (Fsp3) is 0.0435. The molecule has 5 heteroatoms. The third-order valence-electron chi connectivity index (χ3n) is 4.87. The highest BCUT2D eigenvalue weighted by Gasteiger charge is 2.13. The molecule has 0 atom stereocenters. The number of rotatable bonds is 3. The predicted molar refractivity (Wildman–Crippen MR) is 113 cm³/mol. The predicted octanol–water partition coefficient (Wildman–Crippen LogP) is 5.82. The molecule has 0 aliphatic heterocycles. The maximum Gasteiger partial charge on any atom is 0.140 e. The van der Waals surface area contributed by atoms with Gasteiger partial charge in [0.2, 0.25) is 0 Å². The zero-order valence-corrected chi connectivity index (χ0v) is 16.0. The quantitative estimate of drug-likeness (QED) is 0.393. The first-order chi connectivity index (χ1) is 13.7. The number of nitrogens with zero attached hydrogens (tertiary/aromatic N) is 4. The first kappa shape index (κ1) is 16.8. The number of hydrogen-bond donors (Lipinski definition) is 0. The SMILES string of the molecule is Cc1cc(-c2ccc(Cl)cc2)cn2c(-c3cn(-c4ccccc4)cn3)cnc12. The molecule has 0 bridgehead atoms. The van der Waals surface area contributed by atoms with Crippen molar-refractivity contribution in [2.24, 2.45) is 0 Å². The first-order valence-corrected chi connectivity index (χ1v) is 9.40. The Morgan fingerprint density at radius 3 is 2.43 bits per heavy atom. The van der Waals surface area contributed by atoms with Crippen LogP contribution in [0.25, 0.3) is 33.8 Å². The number of hydrogen-bond acceptors (Lipinski definition) is 2. The van der Waals surface area contributed by atoms with E-state index in [-0.39, 0.29) is 0 Å². The van der Waals surface area contributed by atoms with Crippen LogP contribution in [0.2, 0.25) is 5.02 Å². The van der Waals surface area contributed by atoms with Crippen molar-refractivity contribution >= 4 is 17.2 Å². The molecule has 4 nitrogen and oxygen atoms in total. The molecule has 28 heavy (non-hydrogen) atoms. The van der Waals surface area contributed by atoms with Gasteiger partial charge < -0.3 is 4.57 Å². The summed E-state index contributed by atoms with van der Waals surface area (Å²) in [6.45, 7) is 2.08. The van der Waals surface area contributed by atoms with Crippen molar-refractivity contribution in [1.29, 1.82) is 0 Å². The van der Waals surface area contributed by atoms with Gasteiger partial charge >= 0.3 is 0 Å². The van der Waals surface area contributed by atoms with Crippen LogP contribution in [0, 0.1) is 6.92 Å². The summed E-state index contributed by atoms with van der Waals surface area (Å²) in [4.78, 5) is 9.23. The van der Waals surface area contributed by atoms with Crippen molar-refractivity contribution < 1.29 is 0 Å². The number of para-hydroxylation sites is 1. The molecule has 3 heterocycles. The lowest BCUT2D eigenvalue weighted by atomic mass is 10.1. The van der Waals surface area contributed by atoms with Gasteiger partial charge in [-0.2, -0.15) is 0 Å². The fourth-order valence-corrected chi connectivity index (χ4v) is 3.57. The summed E-state index contributed by atoms with van der Waals surface area (Å²) in [6, 6.07) is 20.2. The van der Waals surface area contributed by atoms with E-state index in [1.165, 1.54) is 0 Å². The Morgan fingerprint density at radius 2 is 1.64 bits per heavy atom. The van der Waals surface area contributed by atoms with E-state index in [1.807, 2.05) is 65.8 Å². The number of halogens is 1. The zero-order chi connectivity index (χ0) is 19.1. The lowest BCUT2D eigenvalue weighted by molar-refractivity contribution is 1.06. The van der Waals surface area contributed by atoms with Crippen molar-refractivity contribution in [2.75, 3.05) is 0 Å². The van der Waals surface area contributed by atoms with Gasteiger partial charge in [-0.05, 0) is 53.9 Å². The summed E-state index contributed by atoms with van der Waals surface area (Å²) in [7, 11) is 0. The largest absolute Gasteiger partial charge is 0.306 e. The summed E-state index contributed by atoms with van der Waals surface area (Å²) >= 11 is 6.04. The van der Waals surface area contributed by atoms with E-state index in [0.717, 1.165) is 44.4 Å². The molecule has 136 valence electrons. The molecule has 3 aromatic heterocycles. The number of imidazole rings is 2. The van der Waals surface area contributed by atoms with Crippen LogP contribution in [0.15, 0.2) is 85.6 Å². The number of benzene rings is 2. The molecule has 0 radical (unpaired) electrons. The third-order valence-corrected chi connectivity index (χ3v) is 5.12. The van der Waals surface area contributed by atoms with Gasteiger partial charge in [-0.25, -0.2) is 9.97 Å². The molecule has 5 rings (SSSR count). The zero-order valence-electron chi connectivity index (χ0n) is 15.2. The fourth-order valence-electron chi connectivity index (χ4n) is 3.44. The van der Waals surface area contributed by atoms with Crippen LogP contribution in [0.5, 0.6) is 0 Å². The van der Waals surface area contributed by atoms with Gasteiger partial charge in [0.1, 0.15) is 11.3 Å². The lowest BCUT2D eigenvalue weighted by Gasteiger charge is -2.07. The maximum atomic E-state index is 6.04. The molecule has 2 aromatic carbocycles. The van der Waals surface area contributed by atoms with Crippen LogP contribution < -0.4 is 0 Å². The van der Waals surface area contributed by atoms with E-state index >= 15 is 0 Å². The van der Waals surface area contributed by atoms with Crippen LogP contribution in [-0.4, -0.2) is 18.9 Å². The molecule has 0 spiro atoms. The van der Waals surface area contributed by atoms with Gasteiger partial charge in [0.05, 0.1) is 18.2 Å². The van der Waals surface area contributed by atoms with E-state index in [0.29, 0.717) is 0 Å². The van der Waals surface area contributed by atoms with Crippen LogP contribution in [-0.2, 0) is 0 Å². The number of aromatic nitrogens is 4. The van der Waals surface area contributed by atoms with Crippen molar-refractivity contribution in [2.45, 2.75) is 6.92 Å². The monoisotopic (exact) mass is 384 g/mol. The maximum absolute atomic E-state index is 6.04. The van der Waals surface area contributed by atoms with Crippen molar-refractivity contribution in [3.8, 4) is 28.2 Å². The molecule has 0 unspecified atom stereocenters. The Kier molecular flexibility index (Phi) is 3.99. The number of pyridine rings is 1. The summed E-state index contributed by atoms with van der Waals surface area (Å²) in [5.74, 6) is 0. The summed E-state index contributed by atoms with van der Waals surface area (Å²) in [6.07, 6.45) is 7.85. The second-order valence-electron chi connectivity index (χ2n) is 6.76. The van der Waals surface area contributed by atoms with E-state index in [9.17, 15) is 0 Å². The normalized spacial score (nSPS) is 11.2. The number of fused-ring (bicyclic) bond motifs is 1. The highest BCUT2D eigenvalue weighted by molar-refractivity contribution is 6.30. The minimum Gasteiger partial charge on any atom is -0.306 e. The minimum absolute atomic E-state index is 0.733. The van der Waals surface area contributed by atoms with Crippen LogP contribution >= 0.6 is 11.6 Å². The molecule has 0 fully saturated rings. The van der Waals surface area contributed by atoms with Crippen LogP contribution in [0.1, 0.15) is 5.56 Å². The average Bonchev–Trinajstić information content (AvgIpc) is 3.36. The lowest BCUT2D eigenvalue weighted by Crippen LogP contribution is -1.93. The van der Waals surface area contributed by atoms with Gasteiger partial charge in [0.25, 0.3) is 0 Å². The van der Waals surface area contributed by atoms with E-state index < -0.39 is 0 Å². The second kappa shape index (κ2) is 6.66. The van der Waals surface area contributed by atoms with E-state index in [2.05, 4.69) is 45.7 Å². The Morgan fingerprint density at radius 1 is 0.857 bits per heavy atom. The van der Waals surface area contributed by atoms with E-state index in [1.54, 1.807) is 0 Å². The first-order valence-electron chi connectivity index (χ1n) is 9.02. The van der Waals surface area contributed by atoms with Crippen molar-refractivity contribution in [1.82, 2.24) is 18.9 Å².